The van der Waals surface area contributed by atoms with Crippen LogP contribution in [0.1, 0.15) is 12.8 Å². The predicted molar refractivity (Wildman–Crippen MR) is 126 cm³/mol. The molecule has 0 unspecified atom stereocenters. The first-order valence-electron chi connectivity index (χ1n) is 10.3. The van der Waals surface area contributed by atoms with Crippen LogP contribution < -0.4 is 15.4 Å². The Morgan fingerprint density at radius 1 is 1.00 bits per heavy atom. The number of aromatic nitrogens is 2. The summed E-state index contributed by atoms with van der Waals surface area (Å²) in [4.78, 5) is 25.8. The Labute approximate surface area is 194 Å². The van der Waals surface area contributed by atoms with Crippen LogP contribution in [0.5, 0.6) is 11.5 Å². The van der Waals surface area contributed by atoms with Crippen molar-refractivity contribution in [2.45, 2.75) is 17.2 Å². The molecule has 10 heteroatoms. The Hall–Kier alpha value is -3.11. The number of nitrogens with zero attached hydrogens (tertiary/aromatic N) is 3. The molecule has 0 radical (unpaired) electrons. The molecule has 0 atom stereocenters. The van der Waals surface area contributed by atoms with Crippen molar-refractivity contribution in [2.24, 2.45) is 0 Å². The molecule has 0 aliphatic carbocycles. The summed E-state index contributed by atoms with van der Waals surface area (Å²) in [6.07, 6.45) is 2.07. The van der Waals surface area contributed by atoms with E-state index in [-0.39, 0.29) is 24.1 Å². The van der Waals surface area contributed by atoms with Gasteiger partial charge in [-0.1, -0.05) is 41.3 Å². The van der Waals surface area contributed by atoms with Gasteiger partial charge in [0.05, 0.1) is 12.3 Å². The second-order valence-corrected chi connectivity index (χ2v) is 9.29. The van der Waals surface area contributed by atoms with Gasteiger partial charge in [-0.15, -0.1) is 10.2 Å². The Balaban J connectivity index is 1.20. The van der Waals surface area contributed by atoms with Crippen LogP contribution >= 0.6 is 23.1 Å². The van der Waals surface area contributed by atoms with Gasteiger partial charge < -0.3 is 20.3 Å². The Bertz CT molecular complexity index is 1040. The SMILES string of the molecule is O=C(CSc1nnc(Nc2ccc(Oc3ccccc3)cc2)s1)NCC(=O)N1CCCC1. The fourth-order valence-electron chi connectivity index (χ4n) is 3.10. The summed E-state index contributed by atoms with van der Waals surface area (Å²) in [6, 6.07) is 17.1. The summed E-state index contributed by atoms with van der Waals surface area (Å²) >= 11 is 2.66. The molecule has 1 aromatic heterocycles. The topological polar surface area (TPSA) is 96.5 Å². The first-order chi connectivity index (χ1) is 15.7. The minimum absolute atomic E-state index is 0.0246. The highest BCUT2D eigenvalue weighted by molar-refractivity contribution is 8.01. The minimum atomic E-state index is -0.193. The first kappa shape index (κ1) is 22.1. The third-order valence-electron chi connectivity index (χ3n) is 4.71. The number of ether oxygens (including phenoxy) is 1. The van der Waals surface area contributed by atoms with Crippen LogP contribution in [0.3, 0.4) is 0 Å². The number of nitrogens with one attached hydrogen (secondary N) is 2. The lowest BCUT2D eigenvalue weighted by molar-refractivity contribution is -0.131. The summed E-state index contributed by atoms with van der Waals surface area (Å²) in [5.41, 5.74) is 0.858. The number of carbonyl (C=O) groups excluding carboxylic acids is 2. The van der Waals surface area contributed by atoms with E-state index >= 15 is 0 Å². The number of para-hydroxylation sites is 1. The number of likely N-dealkylation sites (tertiary alicyclic amines) is 1. The van der Waals surface area contributed by atoms with E-state index in [9.17, 15) is 9.59 Å². The molecule has 1 saturated heterocycles. The largest absolute Gasteiger partial charge is 0.457 e. The standard InChI is InChI=1S/C22H23N5O3S2/c28-19(23-14-20(29)27-12-4-5-13-27)15-31-22-26-25-21(32-22)24-16-8-10-18(11-9-16)30-17-6-2-1-3-7-17/h1-3,6-11H,4-5,12-15H2,(H,23,28)(H,24,25). The Morgan fingerprint density at radius 2 is 1.72 bits per heavy atom. The highest BCUT2D eigenvalue weighted by atomic mass is 32.2. The molecule has 166 valence electrons. The van der Waals surface area contributed by atoms with E-state index < -0.39 is 0 Å². The highest BCUT2D eigenvalue weighted by Crippen LogP contribution is 2.29. The van der Waals surface area contributed by atoms with E-state index in [1.165, 1.54) is 23.1 Å². The maximum absolute atomic E-state index is 12.0. The van der Waals surface area contributed by atoms with Crippen LogP contribution in [0, 0.1) is 0 Å². The molecule has 0 spiro atoms. The summed E-state index contributed by atoms with van der Waals surface area (Å²) in [7, 11) is 0. The molecule has 4 rings (SSSR count). The summed E-state index contributed by atoms with van der Waals surface area (Å²) in [5.74, 6) is 1.49. The molecule has 1 aliphatic heterocycles. The molecule has 0 saturated carbocycles. The Kier molecular flexibility index (Phi) is 7.57. The van der Waals surface area contributed by atoms with Crippen LogP contribution in [0.25, 0.3) is 0 Å². The summed E-state index contributed by atoms with van der Waals surface area (Å²) in [5, 5.41) is 14.7. The molecule has 1 fully saturated rings. The van der Waals surface area contributed by atoms with Crippen LogP contribution in [0.2, 0.25) is 0 Å². The fourth-order valence-corrected chi connectivity index (χ4v) is 4.71. The van der Waals surface area contributed by atoms with Gasteiger partial charge in [-0.25, -0.2) is 0 Å². The first-order valence-corrected chi connectivity index (χ1v) is 12.1. The number of rotatable bonds is 9. The molecule has 32 heavy (non-hydrogen) atoms. The van der Waals surface area contributed by atoms with Gasteiger partial charge in [0, 0.05) is 18.8 Å². The number of hydrogen-bond acceptors (Lipinski definition) is 8. The molecule has 2 amide bonds. The van der Waals surface area contributed by atoms with Crippen molar-refractivity contribution in [3.8, 4) is 11.5 Å². The molecular weight excluding hydrogens is 446 g/mol. The van der Waals surface area contributed by atoms with Gasteiger partial charge in [-0.2, -0.15) is 0 Å². The number of hydrogen-bond donors (Lipinski definition) is 2. The van der Waals surface area contributed by atoms with Gasteiger partial charge in [-0.05, 0) is 49.2 Å². The number of thioether (sulfide) groups is 1. The zero-order valence-corrected chi connectivity index (χ0v) is 19.0. The van der Waals surface area contributed by atoms with Crippen molar-refractivity contribution >= 4 is 45.7 Å². The average molecular weight is 470 g/mol. The van der Waals surface area contributed by atoms with Crippen molar-refractivity contribution in [1.82, 2.24) is 20.4 Å². The van der Waals surface area contributed by atoms with Crippen molar-refractivity contribution < 1.29 is 14.3 Å². The van der Waals surface area contributed by atoms with Crippen molar-refractivity contribution in [2.75, 3.05) is 30.7 Å². The number of benzene rings is 2. The van der Waals surface area contributed by atoms with Crippen LogP contribution in [-0.4, -0.2) is 52.3 Å². The number of carbonyl (C=O) groups is 2. The fraction of sp³-hybridized carbons (Fsp3) is 0.273. The van der Waals surface area contributed by atoms with E-state index in [0.29, 0.717) is 9.47 Å². The summed E-state index contributed by atoms with van der Waals surface area (Å²) in [6.45, 7) is 1.62. The van der Waals surface area contributed by atoms with Crippen LogP contribution in [0.4, 0.5) is 10.8 Å². The molecule has 1 aliphatic rings. The Morgan fingerprint density at radius 3 is 2.47 bits per heavy atom. The molecular formula is C22H23N5O3S2. The van der Waals surface area contributed by atoms with Gasteiger partial charge in [0.25, 0.3) is 0 Å². The van der Waals surface area contributed by atoms with Crippen molar-refractivity contribution in [3.05, 3.63) is 54.6 Å². The van der Waals surface area contributed by atoms with Crippen LogP contribution in [0.15, 0.2) is 58.9 Å². The normalized spacial score (nSPS) is 13.1. The van der Waals surface area contributed by atoms with E-state index in [1.54, 1.807) is 4.90 Å². The van der Waals surface area contributed by atoms with Crippen molar-refractivity contribution in [3.63, 3.8) is 0 Å². The number of anilines is 2. The lowest BCUT2D eigenvalue weighted by atomic mass is 10.3. The summed E-state index contributed by atoms with van der Waals surface area (Å²) < 4.78 is 6.47. The molecule has 2 N–H and O–H groups in total. The third kappa shape index (κ3) is 6.44. The van der Waals surface area contributed by atoms with Gasteiger partial charge in [0.1, 0.15) is 11.5 Å². The van der Waals surface area contributed by atoms with Crippen molar-refractivity contribution in [1.29, 1.82) is 0 Å². The van der Waals surface area contributed by atoms with Gasteiger partial charge in [-0.3, -0.25) is 9.59 Å². The predicted octanol–water partition coefficient (Wildman–Crippen LogP) is 3.90. The molecule has 2 aromatic carbocycles. The zero-order valence-electron chi connectivity index (χ0n) is 17.3. The second kappa shape index (κ2) is 11.0. The van der Waals surface area contributed by atoms with Gasteiger partial charge in [0.15, 0.2) is 4.34 Å². The quantitative estimate of drug-likeness (QED) is 0.459. The monoisotopic (exact) mass is 469 g/mol. The molecule has 0 bridgehead atoms. The van der Waals surface area contributed by atoms with E-state index in [4.69, 9.17) is 4.74 Å². The van der Waals surface area contributed by atoms with Gasteiger partial charge >= 0.3 is 0 Å². The smallest absolute Gasteiger partial charge is 0.241 e. The highest BCUT2D eigenvalue weighted by Gasteiger charge is 2.18. The van der Waals surface area contributed by atoms with Gasteiger partial charge in [0.2, 0.25) is 16.9 Å². The number of amides is 2. The molecule has 8 nitrogen and oxygen atoms in total. The molecule has 3 aromatic rings. The lowest BCUT2D eigenvalue weighted by Crippen LogP contribution is -2.39. The average Bonchev–Trinajstić information content (AvgIpc) is 3.51. The molecule has 2 heterocycles. The van der Waals surface area contributed by atoms with E-state index in [0.717, 1.165) is 43.1 Å². The second-order valence-electron chi connectivity index (χ2n) is 7.09. The van der Waals surface area contributed by atoms with E-state index in [1.807, 2.05) is 54.6 Å². The third-order valence-corrected chi connectivity index (χ3v) is 6.69. The van der Waals surface area contributed by atoms with E-state index in [2.05, 4.69) is 20.8 Å². The zero-order chi connectivity index (χ0) is 22.2. The minimum Gasteiger partial charge on any atom is -0.457 e. The lowest BCUT2D eigenvalue weighted by Gasteiger charge is -2.15. The van der Waals surface area contributed by atoms with Crippen LogP contribution in [-0.2, 0) is 9.59 Å². The maximum atomic E-state index is 12.0. The maximum Gasteiger partial charge on any atom is 0.241 e.